The number of nitrogens with two attached hydrogens (primary N) is 1. The van der Waals surface area contributed by atoms with Crippen molar-refractivity contribution in [1.29, 1.82) is 0 Å². The highest BCUT2D eigenvalue weighted by atomic mass is 35.5. The largest absolute Gasteiger partial charge is 0.330 e. The van der Waals surface area contributed by atoms with E-state index in [1.807, 2.05) is 19.1 Å². The summed E-state index contributed by atoms with van der Waals surface area (Å²) in [5.41, 5.74) is 7.43. The first-order chi connectivity index (χ1) is 7.72. The summed E-state index contributed by atoms with van der Waals surface area (Å²) in [5, 5.41) is 4.95. The molecule has 0 aliphatic heterocycles. The number of halogens is 1. The molecule has 0 aromatic carbocycles. The molecule has 2 N–H and O–H groups in total. The fraction of sp³-hybridized carbons (Fsp3) is 0.273. The van der Waals surface area contributed by atoms with Crippen molar-refractivity contribution < 1.29 is 0 Å². The van der Waals surface area contributed by atoms with Crippen LogP contribution in [0, 0.1) is 6.92 Å². The molecule has 0 saturated heterocycles. The number of nitrogens with zero attached hydrogens (tertiary/aromatic N) is 3. The van der Waals surface area contributed by atoms with E-state index in [4.69, 9.17) is 17.3 Å². The second-order valence-corrected chi connectivity index (χ2v) is 3.94. The van der Waals surface area contributed by atoms with Gasteiger partial charge in [0.1, 0.15) is 0 Å². The van der Waals surface area contributed by atoms with Crippen molar-refractivity contribution in [2.24, 2.45) is 5.73 Å². The lowest BCUT2D eigenvalue weighted by Crippen LogP contribution is -2.08. The number of hydrogen-bond donors (Lipinski definition) is 1. The maximum Gasteiger partial charge on any atom is 0.156 e. The van der Waals surface area contributed by atoms with Gasteiger partial charge in [0, 0.05) is 6.20 Å². The van der Waals surface area contributed by atoms with Gasteiger partial charge in [-0.2, -0.15) is 5.10 Å². The molecule has 2 aromatic heterocycles. The molecule has 2 heterocycles. The van der Waals surface area contributed by atoms with E-state index in [9.17, 15) is 0 Å². The fourth-order valence-electron chi connectivity index (χ4n) is 1.53. The van der Waals surface area contributed by atoms with E-state index in [-0.39, 0.29) is 0 Å². The summed E-state index contributed by atoms with van der Waals surface area (Å²) in [6.07, 6.45) is 4.28. The first kappa shape index (κ1) is 11.1. The summed E-state index contributed by atoms with van der Waals surface area (Å²) >= 11 is 5.97. The molecule has 16 heavy (non-hydrogen) atoms. The summed E-state index contributed by atoms with van der Waals surface area (Å²) in [6, 6.07) is 3.90. The number of rotatable bonds is 3. The molecule has 5 heteroatoms. The molecule has 4 nitrogen and oxygen atoms in total. The van der Waals surface area contributed by atoms with Gasteiger partial charge in [-0.25, -0.2) is 9.67 Å². The molecule has 0 saturated carbocycles. The zero-order valence-corrected chi connectivity index (χ0v) is 9.78. The zero-order chi connectivity index (χ0) is 11.5. The van der Waals surface area contributed by atoms with E-state index in [0.29, 0.717) is 11.6 Å². The third kappa shape index (κ3) is 2.08. The van der Waals surface area contributed by atoms with E-state index in [2.05, 4.69) is 10.1 Å². The normalized spacial score (nSPS) is 10.7. The molecule has 0 aliphatic carbocycles. The Hall–Kier alpha value is -1.39. The van der Waals surface area contributed by atoms with Crippen LogP contribution in [0.2, 0.25) is 5.02 Å². The van der Waals surface area contributed by atoms with E-state index >= 15 is 0 Å². The highest BCUT2D eigenvalue weighted by Gasteiger charge is 2.08. The molecule has 0 fully saturated rings. The Bertz CT molecular complexity index is 473. The molecule has 0 spiro atoms. The summed E-state index contributed by atoms with van der Waals surface area (Å²) in [5.74, 6) is 0.794. The van der Waals surface area contributed by atoms with Crippen LogP contribution in [0.1, 0.15) is 11.3 Å². The average Bonchev–Trinajstić information content (AvgIpc) is 2.60. The highest BCUT2D eigenvalue weighted by molar-refractivity contribution is 6.31. The van der Waals surface area contributed by atoms with Gasteiger partial charge < -0.3 is 5.73 Å². The van der Waals surface area contributed by atoms with E-state index in [1.165, 1.54) is 0 Å². The van der Waals surface area contributed by atoms with Gasteiger partial charge in [0.25, 0.3) is 0 Å². The van der Waals surface area contributed by atoms with Gasteiger partial charge >= 0.3 is 0 Å². The van der Waals surface area contributed by atoms with Crippen molar-refractivity contribution >= 4 is 11.6 Å². The van der Waals surface area contributed by atoms with Crippen LogP contribution in [0.5, 0.6) is 0 Å². The van der Waals surface area contributed by atoms with Crippen LogP contribution in [0.3, 0.4) is 0 Å². The van der Waals surface area contributed by atoms with Crippen LogP contribution in [0.4, 0.5) is 0 Å². The molecule has 2 aromatic rings. The minimum atomic E-state index is 0.590. The predicted molar refractivity (Wildman–Crippen MR) is 63.9 cm³/mol. The smallest absolute Gasteiger partial charge is 0.156 e. The van der Waals surface area contributed by atoms with Crippen molar-refractivity contribution in [3.63, 3.8) is 0 Å². The third-order valence-electron chi connectivity index (χ3n) is 2.34. The lowest BCUT2D eigenvalue weighted by molar-refractivity contribution is 0.807. The van der Waals surface area contributed by atoms with Crippen molar-refractivity contribution in [3.05, 3.63) is 40.8 Å². The van der Waals surface area contributed by atoms with Gasteiger partial charge in [-0.3, -0.25) is 0 Å². The molecular weight excluding hydrogens is 224 g/mol. The lowest BCUT2D eigenvalue weighted by atomic mass is 10.2. The van der Waals surface area contributed by atoms with Gasteiger partial charge in [0.15, 0.2) is 5.82 Å². The molecule has 0 unspecified atom stereocenters. The standard InChI is InChI=1S/C11H13ClN4/c1-8-10(12)7-16(15-8)11-9(4-5-13)3-2-6-14-11/h2-3,6-7H,4-5,13H2,1H3. The van der Waals surface area contributed by atoms with Gasteiger partial charge in [-0.1, -0.05) is 17.7 Å². The Morgan fingerprint density at radius 2 is 2.31 bits per heavy atom. The number of hydrogen-bond acceptors (Lipinski definition) is 3. The topological polar surface area (TPSA) is 56.7 Å². The molecule has 0 aliphatic rings. The van der Waals surface area contributed by atoms with Crippen LogP contribution in [-0.2, 0) is 6.42 Å². The molecule has 2 rings (SSSR count). The number of aryl methyl sites for hydroxylation is 1. The van der Waals surface area contributed by atoms with Crippen molar-refractivity contribution in [2.75, 3.05) is 6.54 Å². The molecule has 0 bridgehead atoms. The molecule has 0 atom stereocenters. The SMILES string of the molecule is Cc1nn(-c2ncccc2CCN)cc1Cl. The zero-order valence-electron chi connectivity index (χ0n) is 9.02. The van der Waals surface area contributed by atoms with E-state index < -0.39 is 0 Å². The average molecular weight is 237 g/mol. The summed E-state index contributed by atoms with van der Waals surface area (Å²) in [4.78, 5) is 4.31. The van der Waals surface area contributed by atoms with Gasteiger partial charge in [0.2, 0.25) is 0 Å². The first-order valence-corrected chi connectivity index (χ1v) is 5.46. The fourth-order valence-corrected chi connectivity index (χ4v) is 1.66. The quantitative estimate of drug-likeness (QED) is 0.883. The lowest BCUT2D eigenvalue weighted by Gasteiger charge is -2.06. The monoisotopic (exact) mass is 236 g/mol. The summed E-state index contributed by atoms with van der Waals surface area (Å²) in [6.45, 7) is 2.46. The summed E-state index contributed by atoms with van der Waals surface area (Å²) < 4.78 is 1.70. The van der Waals surface area contributed by atoms with Gasteiger partial charge in [-0.05, 0) is 31.5 Å². The minimum absolute atomic E-state index is 0.590. The minimum Gasteiger partial charge on any atom is -0.330 e. The number of pyridine rings is 1. The van der Waals surface area contributed by atoms with Crippen molar-refractivity contribution in [1.82, 2.24) is 14.8 Å². The van der Waals surface area contributed by atoms with Crippen molar-refractivity contribution in [2.45, 2.75) is 13.3 Å². The second-order valence-electron chi connectivity index (χ2n) is 3.53. The van der Waals surface area contributed by atoms with Crippen molar-refractivity contribution in [3.8, 4) is 5.82 Å². The third-order valence-corrected chi connectivity index (χ3v) is 2.71. The first-order valence-electron chi connectivity index (χ1n) is 5.08. The van der Waals surface area contributed by atoms with E-state index in [1.54, 1.807) is 17.1 Å². The molecular formula is C11H13ClN4. The van der Waals surface area contributed by atoms with Crippen LogP contribution in [-0.4, -0.2) is 21.3 Å². The Balaban J connectivity index is 2.46. The Kier molecular flexibility index (Phi) is 3.22. The highest BCUT2D eigenvalue weighted by Crippen LogP contribution is 2.17. The Labute approximate surface area is 99.1 Å². The summed E-state index contributed by atoms with van der Waals surface area (Å²) in [7, 11) is 0. The van der Waals surface area contributed by atoms with Gasteiger partial charge in [-0.15, -0.1) is 0 Å². The Morgan fingerprint density at radius 3 is 2.94 bits per heavy atom. The maximum absolute atomic E-state index is 5.97. The second kappa shape index (κ2) is 4.63. The molecule has 84 valence electrons. The van der Waals surface area contributed by atoms with Crippen LogP contribution in [0.15, 0.2) is 24.5 Å². The molecule has 0 amide bonds. The van der Waals surface area contributed by atoms with Gasteiger partial charge in [0.05, 0.1) is 16.9 Å². The number of aromatic nitrogens is 3. The predicted octanol–water partition coefficient (Wildman–Crippen LogP) is 1.73. The van der Waals surface area contributed by atoms with Crippen LogP contribution < -0.4 is 5.73 Å². The Morgan fingerprint density at radius 1 is 1.50 bits per heavy atom. The van der Waals surface area contributed by atoms with E-state index in [0.717, 1.165) is 23.5 Å². The van der Waals surface area contributed by atoms with Crippen LogP contribution in [0.25, 0.3) is 5.82 Å². The molecule has 0 radical (unpaired) electrons. The van der Waals surface area contributed by atoms with Crippen LogP contribution >= 0.6 is 11.6 Å². The maximum atomic E-state index is 5.97.